The van der Waals surface area contributed by atoms with Gasteiger partial charge >= 0.3 is 8.25 Å². The van der Waals surface area contributed by atoms with Crippen molar-refractivity contribution in [2.24, 2.45) is 5.41 Å². The van der Waals surface area contributed by atoms with E-state index in [-0.39, 0.29) is 5.41 Å². The molecule has 0 bridgehead atoms. The van der Waals surface area contributed by atoms with Gasteiger partial charge in [-0.25, -0.2) is 0 Å². The number of rotatable bonds is 4. The summed E-state index contributed by atoms with van der Waals surface area (Å²) in [7, 11) is -1.82. The normalized spacial score (nSPS) is 32.0. The van der Waals surface area contributed by atoms with Gasteiger partial charge in [-0.3, -0.25) is 0 Å². The van der Waals surface area contributed by atoms with Gasteiger partial charge in [0.15, 0.2) is 0 Å². The Morgan fingerprint density at radius 2 is 1.92 bits per heavy atom. The minimum Gasteiger partial charge on any atom is -0.118 e. The van der Waals surface area contributed by atoms with Crippen LogP contribution in [0.4, 0.5) is 0 Å². The lowest BCUT2D eigenvalue weighted by atomic mass is 9.82. The van der Waals surface area contributed by atoms with Gasteiger partial charge < -0.3 is 0 Å². The maximum Gasteiger partial charge on any atom is 0.697 e. The van der Waals surface area contributed by atoms with E-state index in [9.17, 15) is 4.57 Å². The SMILES string of the molecule is CCCCC1(CC)CO[P+](=O)OC1. The molecule has 0 aromatic heterocycles. The first-order valence-corrected chi connectivity index (χ1v) is 6.05. The number of unbranched alkanes of at least 4 members (excludes halogenated alkanes) is 1. The molecule has 0 unspecified atom stereocenters. The summed E-state index contributed by atoms with van der Waals surface area (Å²) in [5.41, 5.74) is 0.124. The molecule has 0 saturated carbocycles. The van der Waals surface area contributed by atoms with E-state index in [0.29, 0.717) is 13.2 Å². The van der Waals surface area contributed by atoms with Gasteiger partial charge in [-0.2, -0.15) is 0 Å². The van der Waals surface area contributed by atoms with Gasteiger partial charge in [0.2, 0.25) is 0 Å². The summed E-state index contributed by atoms with van der Waals surface area (Å²) in [5.74, 6) is 0. The molecular weight excluding hydrogens is 187 g/mol. The van der Waals surface area contributed by atoms with E-state index in [4.69, 9.17) is 9.05 Å². The van der Waals surface area contributed by atoms with E-state index >= 15 is 0 Å². The molecule has 13 heavy (non-hydrogen) atoms. The first kappa shape index (κ1) is 11.1. The Kier molecular flexibility index (Phi) is 4.30. The Bertz CT molecular complexity index is 172. The Morgan fingerprint density at radius 1 is 1.31 bits per heavy atom. The van der Waals surface area contributed by atoms with E-state index in [1.165, 1.54) is 12.8 Å². The van der Waals surface area contributed by atoms with Gasteiger partial charge in [0.05, 0.1) is 0 Å². The molecule has 3 nitrogen and oxygen atoms in total. The molecule has 4 heteroatoms. The number of hydrogen-bond donors (Lipinski definition) is 0. The fourth-order valence-electron chi connectivity index (χ4n) is 1.54. The van der Waals surface area contributed by atoms with E-state index < -0.39 is 8.25 Å². The minimum atomic E-state index is -1.82. The van der Waals surface area contributed by atoms with Crippen molar-refractivity contribution in [1.82, 2.24) is 0 Å². The zero-order valence-corrected chi connectivity index (χ0v) is 9.31. The molecule has 1 rings (SSSR count). The minimum absolute atomic E-state index is 0.124. The highest BCUT2D eigenvalue weighted by Gasteiger charge is 2.41. The van der Waals surface area contributed by atoms with Crippen molar-refractivity contribution in [1.29, 1.82) is 0 Å². The van der Waals surface area contributed by atoms with Crippen LogP contribution in [0.15, 0.2) is 0 Å². The fourth-order valence-corrected chi connectivity index (χ4v) is 2.37. The topological polar surface area (TPSA) is 35.5 Å². The molecule has 0 amide bonds. The summed E-state index contributed by atoms with van der Waals surface area (Å²) in [5, 5.41) is 0. The highest BCUT2D eigenvalue weighted by Crippen LogP contribution is 2.41. The Balaban J connectivity index is 2.44. The van der Waals surface area contributed by atoms with Gasteiger partial charge in [-0.05, 0) is 12.8 Å². The van der Waals surface area contributed by atoms with Crippen LogP contribution < -0.4 is 0 Å². The monoisotopic (exact) mass is 205 g/mol. The molecule has 1 heterocycles. The summed E-state index contributed by atoms with van der Waals surface area (Å²) < 4.78 is 21.0. The molecule has 1 aliphatic rings. The maximum absolute atomic E-state index is 10.8. The summed E-state index contributed by atoms with van der Waals surface area (Å²) in [6.07, 6.45) is 4.53. The van der Waals surface area contributed by atoms with E-state index in [2.05, 4.69) is 13.8 Å². The van der Waals surface area contributed by atoms with E-state index in [1.54, 1.807) is 0 Å². The van der Waals surface area contributed by atoms with Crippen molar-refractivity contribution in [3.63, 3.8) is 0 Å². The Morgan fingerprint density at radius 3 is 2.38 bits per heavy atom. The van der Waals surface area contributed by atoms with Crippen LogP contribution in [0.2, 0.25) is 0 Å². The van der Waals surface area contributed by atoms with Gasteiger partial charge in [0.25, 0.3) is 0 Å². The first-order chi connectivity index (χ1) is 6.22. The van der Waals surface area contributed by atoms with Gasteiger partial charge in [-0.15, -0.1) is 9.05 Å². The smallest absolute Gasteiger partial charge is 0.118 e. The molecule has 0 aromatic rings. The molecule has 0 spiro atoms. The van der Waals surface area contributed by atoms with Crippen LogP contribution in [0.25, 0.3) is 0 Å². The van der Waals surface area contributed by atoms with Crippen LogP contribution in [0.5, 0.6) is 0 Å². The van der Waals surface area contributed by atoms with Crippen LogP contribution in [-0.2, 0) is 13.6 Å². The molecule has 0 atom stereocenters. The highest BCUT2D eigenvalue weighted by molar-refractivity contribution is 7.33. The van der Waals surface area contributed by atoms with Crippen LogP contribution in [-0.4, -0.2) is 13.2 Å². The molecule has 1 aliphatic heterocycles. The second-order valence-electron chi connectivity index (χ2n) is 3.73. The van der Waals surface area contributed by atoms with Crippen LogP contribution in [0.3, 0.4) is 0 Å². The largest absolute Gasteiger partial charge is 0.697 e. The summed E-state index contributed by atoms with van der Waals surface area (Å²) in [6.45, 7) is 5.51. The molecule has 1 saturated heterocycles. The Hall–Kier alpha value is 0.0200. The highest BCUT2D eigenvalue weighted by atomic mass is 31.1. The lowest BCUT2D eigenvalue weighted by molar-refractivity contribution is 0.0170. The van der Waals surface area contributed by atoms with Crippen LogP contribution in [0, 0.1) is 5.41 Å². The third-order valence-electron chi connectivity index (χ3n) is 2.76. The predicted molar refractivity (Wildman–Crippen MR) is 51.8 cm³/mol. The number of hydrogen-bond acceptors (Lipinski definition) is 3. The molecule has 0 aromatic carbocycles. The van der Waals surface area contributed by atoms with Crippen LogP contribution >= 0.6 is 8.25 Å². The molecule has 0 aliphatic carbocycles. The van der Waals surface area contributed by atoms with Gasteiger partial charge in [-0.1, -0.05) is 26.7 Å². The maximum atomic E-state index is 10.8. The van der Waals surface area contributed by atoms with Crippen molar-refractivity contribution in [2.75, 3.05) is 13.2 Å². The fraction of sp³-hybridized carbons (Fsp3) is 1.00. The second kappa shape index (κ2) is 5.04. The molecular formula is C9H18O3P+. The van der Waals surface area contributed by atoms with E-state index in [1.807, 2.05) is 0 Å². The van der Waals surface area contributed by atoms with Crippen molar-refractivity contribution in [3.05, 3.63) is 0 Å². The molecule has 76 valence electrons. The summed E-state index contributed by atoms with van der Waals surface area (Å²) >= 11 is 0. The molecule has 0 N–H and O–H groups in total. The second-order valence-corrected chi connectivity index (χ2v) is 4.69. The van der Waals surface area contributed by atoms with Crippen molar-refractivity contribution in [2.45, 2.75) is 39.5 Å². The molecule has 1 fully saturated rings. The first-order valence-electron chi connectivity index (χ1n) is 4.95. The quantitative estimate of drug-likeness (QED) is 0.660. The summed E-state index contributed by atoms with van der Waals surface area (Å²) in [6, 6.07) is 0. The zero-order valence-electron chi connectivity index (χ0n) is 8.41. The van der Waals surface area contributed by atoms with Gasteiger partial charge in [0.1, 0.15) is 13.2 Å². The third-order valence-corrected chi connectivity index (χ3v) is 3.44. The molecule has 0 radical (unpaired) electrons. The lowest BCUT2D eigenvalue weighted by Crippen LogP contribution is -2.33. The average Bonchev–Trinajstić information content (AvgIpc) is 2.18. The van der Waals surface area contributed by atoms with Gasteiger partial charge in [0, 0.05) is 9.98 Å². The standard InChI is InChI=1S/C9H18O3P/c1-3-5-6-9(4-2)7-11-13(10)12-8-9/h3-8H2,1-2H3/q+1. The van der Waals surface area contributed by atoms with E-state index in [0.717, 1.165) is 12.8 Å². The predicted octanol–water partition coefficient (Wildman–Crippen LogP) is 3.28. The van der Waals surface area contributed by atoms with Crippen molar-refractivity contribution in [3.8, 4) is 0 Å². The van der Waals surface area contributed by atoms with Crippen LogP contribution in [0.1, 0.15) is 39.5 Å². The van der Waals surface area contributed by atoms with Crippen molar-refractivity contribution >= 4 is 8.25 Å². The third kappa shape index (κ3) is 3.01. The lowest BCUT2D eigenvalue weighted by Gasteiger charge is -2.29. The zero-order chi connectivity index (χ0) is 9.73. The summed E-state index contributed by atoms with van der Waals surface area (Å²) in [4.78, 5) is 0. The average molecular weight is 205 g/mol. The van der Waals surface area contributed by atoms with Crippen molar-refractivity contribution < 1.29 is 13.6 Å². The Labute approximate surface area is 80.8 Å².